The van der Waals surface area contributed by atoms with Gasteiger partial charge in [0.2, 0.25) is 0 Å². The standard InChI is InChI=1S/C20H13Cl2N5OS/c21-14-9-5-4-8-13(14)19(28)24-20(29)23-16-11-18-17(10-15(16)22)25-27(26-18)12-6-2-1-3-7-12/h1-11H,(H2,23,24,28,29). The number of carbonyl (C=O) groups is 1. The Labute approximate surface area is 181 Å². The van der Waals surface area contributed by atoms with E-state index in [4.69, 9.17) is 35.4 Å². The minimum Gasteiger partial charge on any atom is -0.331 e. The van der Waals surface area contributed by atoms with Crippen molar-refractivity contribution in [3.8, 4) is 5.69 Å². The lowest BCUT2D eigenvalue weighted by Crippen LogP contribution is -2.34. The Bertz CT molecular complexity index is 1230. The van der Waals surface area contributed by atoms with E-state index >= 15 is 0 Å². The molecule has 4 rings (SSSR count). The summed E-state index contributed by atoms with van der Waals surface area (Å²) >= 11 is 17.6. The number of fused-ring (bicyclic) bond motifs is 1. The van der Waals surface area contributed by atoms with Crippen molar-refractivity contribution in [2.45, 2.75) is 0 Å². The van der Waals surface area contributed by atoms with Gasteiger partial charge >= 0.3 is 0 Å². The number of rotatable bonds is 3. The van der Waals surface area contributed by atoms with E-state index in [0.29, 0.717) is 32.3 Å². The van der Waals surface area contributed by atoms with Crippen molar-refractivity contribution >= 4 is 63.2 Å². The van der Waals surface area contributed by atoms with Gasteiger partial charge in [0, 0.05) is 0 Å². The second kappa shape index (κ2) is 8.16. The number of thiocarbonyl (C=S) groups is 1. The molecule has 4 aromatic rings. The maximum Gasteiger partial charge on any atom is 0.258 e. The summed E-state index contributed by atoms with van der Waals surface area (Å²) < 4.78 is 0. The van der Waals surface area contributed by atoms with E-state index in [1.54, 1.807) is 36.4 Å². The molecule has 0 fully saturated rings. The summed E-state index contributed by atoms with van der Waals surface area (Å²) in [5, 5.41) is 15.2. The predicted octanol–water partition coefficient (Wildman–Crippen LogP) is 4.85. The molecule has 0 aliphatic rings. The monoisotopic (exact) mass is 441 g/mol. The van der Waals surface area contributed by atoms with Gasteiger partial charge in [0.15, 0.2) is 5.11 Å². The summed E-state index contributed by atoms with van der Waals surface area (Å²) in [6, 6.07) is 19.6. The first-order valence-corrected chi connectivity index (χ1v) is 9.66. The van der Waals surface area contributed by atoms with Crippen molar-refractivity contribution < 1.29 is 4.79 Å². The number of amides is 1. The van der Waals surface area contributed by atoms with Gasteiger partial charge in [-0.3, -0.25) is 10.1 Å². The summed E-state index contributed by atoms with van der Waals surface area (Å²) in [6.07, 6.45) is 0. The van der Waals surface area contributed by atoms with Crippen LogP contribution in [0.3, 0.4) is 0 Å². The molecule has 1 amide bonds. The lowest BCUT2D eigenvalue weighted by Gasteiger charge is -2.11. The topological polar surface area (TPSA) is 71.8 Å². The average molecular weight is 442 g/mol. The third kappa shape index (κ3) is 4.22. The highest BCUT2D eigenvalue weighted by Gasteiger charge is 2.14. The number of halogens is 2. The van der Waals surface area contributed by atoms with Crippen LogP contribution in [-0.2, 0) is 0 Å². The lowest BCUT2D eigenvalue weighted by atomic mass is 10.2. The smallest absolute Gasteiger partial charge is 0.258 e. The van der Waals surface area contributed by atoms with Crippen LogP contribution in [0.15, 0.2) is 66.7 Å². The molecule has 0 unspecified atom stereocenters. The molecule has 144 valence electrons. The Kier molecular flexibility index (Phi) is 5.44. The van der Waals surface area contributed by atoms with Gasteiger partial charge in [-0.05, 0) is 48.6 Å². The summed E-state index contributed by atoms with van der Waals surface area (Å²) in [5.41, 5.74) is 2.92. The van der Waals surface area contributed by atoms with Crippen molar-refractivity contribution in [2.75, 3.05) is 5.32 Å². The van der Waals surface area contributed by atoms with E-state index in [1.807, 2.05) is 30.3 Å². The third-order valence-electron chi connectivity index (χ3n) is 4.05. The van der Waals surface area contributed by atoms with Crippen molar-refractivity contribution in [1.82, 2.24) is 20.3 Å². The second-order valence-corrected chi connectivity index (χ2v) is 7.26. The largest absolute Gasteiger partial charge is 0.331 e. The fraction of sp³-hybridized carbons (Fsp3) is 0. The number of nitrogens with one attached hydrogen (secondary N) is 2. The molecular weight excluding hydrogens is 429 g/mol. The zero-order valence-electron chi connectivity index (χ0n) is 14.8. The minimum absolute atomic E-state index is 0.0895. The molecule has 0 radical (unpaired) electrons. The van der Waals surface area contributed by atoms with E-state index < -0.39 is 5.91 Å². The first-order valence-electron chi connectivity index (χ1n) is 8.50. The van der Waals surface area contributed by atoms with Gasteiger partial charge in [0.1, 0.15) is 11.0 Å². The van der Waals surface area contributed by atoms with Gasteiger partial charge in [0.25, 0.3) is 5.91 Å². The average Bonchev–Trinajstić information content (AvgIpc) is 3.12. The molecule has 3 aromatic carbocycles. The van der Waals surface area contributed by atoms with Crippen LogP contribution in [0.5, 0.6) is 0 Å². The molecule has 2 N–H and O–H groups in total. The van der Waals surface area contributed by atoms with Crippen LogP contribution in [0.2, 0.25) is 10.0 Å². The van der Waals surface area contributed by atoms with Gasteiger partial charge in [-0.2, -0.15) is 4.80 Å². The van der Waals surface area contributed by atoms with Gasteiger partial charge in [-0.15, -0.1) is 10.2 Å². The van der Waals surface area contributed by atoms with Crippen LogP contribution in [0.25, 0.3) is 16.7 Å². The highest BCUT2D eigenvalue weighted by molar-refractivity contribution is 7.80. The van der Waals surface area contributed by atoms with Crippen LogP contribution in [0.4, 0.5) is 5.69 Å². The van der Waals surface area contributed by atoms with E-state index in [0.717, 1.165) is 5.69 Å². The van der Waals surface area contributed by atoms with Crippen LogP contribution < -0.4 is 10.6 Å². The highest BCUT2D eigenvalue weighted by atomic mass is 35.5. The molecule has 1 aromatic heterocycles. The summed E-state index contributed by atoms with van der Waals surface area (Å²) in [4.78, 5) is 13.9. The number of anilines is 1. The quantitative estimate of drug-likeness (QED) is 0.444. The Balaban J connectivity index is 1.54. The molecule has 0 aliphatic heterocycles. The Morgan fingerprint density at radius 3 is 2.28 bits per heavy atom. The molecular formula is C20H13Cl2N5OS. The first-order chi connectivity index (χ1) is 14.0. The molecule has 9 heteroatoms. The zero-order valence-corrected chi connectivity index (χ0v) is 17.1. The van der Waals surface area contributed by atoms with Crippen LogP contribution in [0, 0.1) is 0 Å². The Hall–Kier alpha value is -3.00. The molecule has 0 aliphatic carbocycles. The summed E-state index contributed by atoms with van der Waals surface area (Å²) in [7, 11) is 0. The van der Waals surface area contributed by atoms with Crippen LogP contribution in [0.1, 0.15) is 10.4 Å². The molecule has 0 bridgehead atoms. The van der Waals surface area contributed by atoms with E-state index in [-0.39, 0.29) is 5.11 Å². The number of hydrogen-bond donors (Lipinski definition) is 2. The second-order valence-electron chi connectivity index (χ2n) is 6.03. The Morgan fingerprint density at radius 2 is 1.55 bits per heavy atom. The van der Waals surface area contributed by atoms with Gasteiger partial charge in [-0.1, -0.05) is 53.5 Å². The fourth-order valence-corrected chi connectivity index (χ4v) is 3.31. The Morgan fingerprint density at radius 1 is 0.897 bits per heavy atom. The van der Waals surface area contributed by atoms with Gasteiger partial charge in [0.05, 0.1) is 27.0 Å². The van der Waals surface area contributed by atoms with E-state index in [1.165, 1.54) is 4.80 Å². The van der Waals surface area contributed by atoms with Gasteiger partial charge in [-0.25, -0.2) is 0 Å². The number of nitrogens with zero attached hydrogens (tertiary/aromatic N) is 3. The highest BCUT2D eigenvalue weighted by Crippen LogP contribution is 2.27. The minimum atomic E-state index is -0.416. The number of carbonyl (C=O) groups excluding carboxylic acids is 1. The molecule has 0 atom stereocenters. The molecule has 0 spiro atoms. The van der Waals surface area contributed by atoms with E-state index in [2.05, 4.69) is 20.8 Å². The van der Waals surface area contributed by atoms with Crippen molar-refractivity contribution in [3.63, 3.8) is 0 Å². The van der Waals surface area contributed by atoms with Crippen LogP contribution >= 0.6 is 35.4 Å². The van der Waals surface area contributed by atoms with E-state index in [9.17, 15) is 4.79 Å². The van der Waals surface area contributed by atoms with Crippen molar-refractivity contribution in [3.05, 3.63) is 82.3 Å². The van der Waals surface area contributed by atoms with Gasteiger partial charge < -0.3 is 5.32 Å². The molecule has 29 heavy (non-hydrogen) atoms. The maximum absolute atomic E-state index is 12.3. The first kappa shape index (κ1) is 19.3. The lowest BCUT2D eigenvalue weighted by molar-refractivity contribution is 0.0978. The maximum atomic E-state index is 12.3. The molecule has 6 nitrogen and oxygen atoms in total. The van der Waals surface area contributed by atoms with Crippen LogP contribution in [-0.4, -0.2) is 26.0 Å². The number of hydrogen-bond acceptors (Lipinski definition) is 4. The normalized spacial score (nSPS) is 10.7. The molecule has 1 heterocycles. The summed E-state index contributed by atoms with van der Waals surface area (Å²) in [6.45, 7) is 0. The summed E-state index contributed by atoms with van der Waals surface area (Å²) in [5.74, 6) is -0.416. The predicted molar refractivity (Wildman–Crippen MR) is 119 cm³/mol. The number of para-hydroxylation sites is 1. The zero-order chi connectivity index (χ0) is 20.4. The molecule has 0 saturated heterocycles. The van der Waals surface area contributed by atoms with Crippen molar-refractivity contribution in [2.24, 2.45) is 0 Å². The number of aromatic nitrogens is 3. The molecule has 0 saturated carbocycles. The van der Waals surface area contributed by atoms with Crippen molar-refractivity contribution in [1.29, 1.82) is 0 Å². The number of benzene rings is 3. The SMILES string of the molecule is O=C(NC(=S)Nc1cc2nn(-c3ccccc3)nc2cc1Cl)c1ccccc1Cl. The fourth-order valence-electron chi connectivity index (χ4n) is 2.68. The third-order valence-corrected chi connectivity index (χ3v) is 4.90.